The highest BCUT2D eigenvalue weighted by atomic mass is 19.4. The van der Waals surface area contributed by atoms with Gasteiger partial charge in [-0.05, 0) is 217 Å². The molecule has 0 aliphatic rings. The first-order chi connectivity index (χ1) is 61.1. The van der Waals surface area contributed by atoms with Gasteiger partial charge in [0, 0.05) is 54.9 Å². The Labute approximate surface area is 725 Å². The van der Waals surface area contributed by atoms with Gasteiger partial charge in [-0.25, -0.2) is 29.9 Å². The number of nitrogens with zero attached hydrogens (tertiary/aromatic N) is 8. The number of aromatic nitrogens is 8. The number of aryl methyl sites for hydroxylation is 8. The topological polar surface area (TPSA) is 87.2 Å². The molecule has 0 atom stereocenters. The van der Waals surface area contributed by atoms with E-state index in [2.05, 4.69) is 202 Å². The summed E-state index contributed by atoms with van der Waals surface area (Å²) in [5, 5.41) is 3.99. The second kappa shape index (κ2) is 32.2. The Bertz CT molecular complexity index is 7490. The molecule has 0 unspecified atom stereocenters. The Kier molecular flexibility index (Phi) is 20.2. The lowest BCUT2D eigenvalue weighted by Crippen LogP contribution is -2.05. The summed E-state index contributed by atoms with van der Waals surface area (Å²) in [6.45, 7) is 12.8. The van der Waals surface area contributed by atoms with Crippen LogP contribution in [0.2, 0.25) is 0 Å². The summed E-state index contributed by atoms with van der Waals surface area (Å²) in [6, 6.07) is 115. The molecule has 0 aliphatic carbocycles. The fourth-order valence-electron chi connectivity index (χ4n) is 17.9. The molecular formula is C112H80F6N8. The quantitative estimate of drug-likeness (QED) is 0.0844. The third-order valence-electron chi connectivity index (χ3n) is 23.7. The van der Waals surface area contributed by atoms with Crippen molar-refractivity contribution in [2.75, 3.05) is 0 Å². The Morgan fingerprint density at radius 3 is 0.810 bits per heavy atom. The van der Waals surface area contributed by atoms with E-state index >= 15 is 0 Å². The molecule has 0 fully saturated rings. The smallest absolute Gasteiger partial charge is 0.308 e. The molecule has 0 saturated carbocycles. The summed E-state index contributed by atoms with van der Waals surface area (Å²) in [5.74, 6) is 2.76. The first-order valence-corrected chi connectivity index (χ1v) is 42.0. The Morgan fingerprint density at radius 2 is 0.476 bits per heavy atom. The van der Waals surface area contributed by atoms with Crippen molar-refractivity contribution in [3.63, 3.8) is 0 Å². The Hall–Kier alpha value is -15.3. The van der Waals surface area contributed by atoms with E-state index in [1.807, 2.05) is 152 Å². The SMILES string of the molecule is Cc1cc(C)cc(-c2ccc3c(c2)c2cc(-c4cc(C)cc(CCc5cc(C)cc(-c6ccc7c8ccc(-c9cc(C)cc(C)c9)cc8n(-c8cc(-c9ccc(C(F)(F)F)cc9)ccc8-c8nc(-c9ccccc9)nc(-c9ccccc9)n8)c7c6)c5)c4)ccc2n3-c2cc(-c3ccc(C(F)(F)F)cc3)ccc2-c2nc(-c3ccccc3)nc(-c3ccccc3)n2)c1. The minimum Gasteiger partial charge on any atom is -0.308 e. The van der Waals surface area contributed by atoms with Crippen molar-refractivity contribution in [2.45, 2.75) is 66.7 Å². The zero-order valence-electron chi connectivity index (χ0n) is 69.7. The maximum atomic E-state index is 14.3. The van der Waals surface area contributed by atoms with E-state index in [0.717, 1.165) is 192 Å². The maximum Gasteiger partial charge on any atom is 0.416 e. The lowest BCUT2D eigenvalue weighted by Gasteiger charge is -2.17. The van der Waals surface area contributed by atoms with Crippen LogP contribution in [-0.4, -0.2) is 39.0 Å². The van der Waals surface area contributed by atoms with E-state index in [-0.39, 0.29) is 0 Å². The molecule has 0 aliphatic heterocycles. The normalized spacial score (nSPS) is 11.9. The molecule has 20 rings (SSSR count). The van der Waals surface area contributed by atoms with Crippen molar-refractivity contribution in [3.05, 3.63) is 407 Å². The highest BCUT2D eigenvalue weighted by molar-refractivity contribution is 6.14. The minimum absolute atomic E-state index is 0.414. The molecule has 0 bridgehead atoms. The van der Waals surface area contributed by atoms with Crippen LogP contribution in [0.5, 0.6) is 0 Å². The largest absolute Gasteiger partial charge is 0.416 e. The predicted molar refractivity (Wildman–Crippen MR) is 499 cm³/mol. The average Bonchev–Trinajstić information content (AvgIpc) is 1.58. The molecule has 8 nitrogen and oxygen atoms in total. The van der Waals surface area contributed by atoms with Crippen LogP contribution in [0.3, 0.4) is 0 Å². The van der Waals surface area contributed by atoms with Gasteiger partial charge in [0.25, 0.3) is 0 Å². The van der Waals surface area contributed by atoms with Crippen LogP contribution in [-0.2, 0) is 25.2 Å². The number of hydrogen-bond donors (Lipinski definition) is 0. The summed E-state index contributed by atoms with van der Waals surface area (Å²) < 4.78 is 90.1. The zero-order chi connectivity index (χ0) is 86.2. The average molecular weight is 1650 g/mol. The van der Waals surface area contributed by atoms with E-state index < -0.39 is 23.5 Å². The number of benzene rings is 16. The van der Waals surface area contributed by atoms with Crippen molar-refractivity contribution < 1.29 is 26.3 Å². The van der Waals surface area contributed by atoms with Gasteiger partial charge in [0.1, 0.15) is 0 Å². The van der Waals surface area contributed by atoms with Gasteiger partial charge < -0.3 is 9.13 Å². The van der Waals surface area contributed by atoms with E-state index in [0.29, 0.717) is 74.0 Å². The van der Waals surface area contributed by atoms with Gasteiger partial charge in [-0.2, -0.15) is 26.3 Å². The highest BCUT2D eigenvalue weighted by Crippen LogP contribution is 2.46. The standard InChI is InChI=1S/C112H80F6N8/c1-67-49-68(2)54-87(53-67)81-37-47-99-97(61-81)98-62-82(38-48-100(98)125(99)103-63-83(75-29-39-91(40-30-75)111(113,114)115)35-45-95(103)109-121-105(77-19-11-7-12-20-77)119-106(122-109)78-21-13-8-14-22-78)89-57-71(5)51-73(59-89)27-28-74-52-72(6)58-90(60-74)86-34-44-94-93-43-33-85(88-55-69(3)50-70(4)56-88)65-101(93)126(102(94)66-86)104-64-84(76-31-41-92(42-32-76)112(116,117)118)36-46-96(104)110-123-107(79-23-15-9-16-24-79)120-108(124-110)80-25-17-10-18-26-80/h7-26,29-66H,27-28H2,1-6H3. The van der Waals surface area contributed by atoms with Gasteiger partial charge in [-0.15, -0.1) is 0 Å². The molecule has 14 heteroatoms. The van der Waals surface area contributed by atoms with Crippen molar-refractivity contribution in [2.24, 2.45) is 0 Å². The van der Waals surface area contributed by atoms with Crippen molar-refractivity contribution in [1.29, 1.82) is 0 Å². The monoisotopic (exact) mass is 1650 g/mol. The van der Waals surface area contributed by atoms with Crippen LogP contribution in [0, 0.1) is 41.5 Å². The molecule has 4 aromatic heterocycles. The first kappa shape index (κ1) is 79.2. The van der Waals surface area contributed by atoms with Crippen LogP contribution >= 0.6 is 0 Å². The number of fused-ring (bicyclic) bond motifs is 6. The van der Waals surface area contributed by atoms with E-state index in [9.17, 15) is 26.3 Å². The Morgan fingerprint density at radius 1 is 0.206 bits per heavy atom. The molecule has 0 amide bonds. The number of rotatable bonds is 17. The third kappa shape index (κ3) is 15.7. The molecule has 0 saturated heterocycles. The maximum absolute atomic E-state index is 14.3. The van der Waals surface area contributed by atoms with Gasteiger partial charge in [0.15, 0.2) is 34.9 Å². The van der Waals surface area contributed by atoms with Gasteiger partial charge in [0.05, 0.1) is 44.6 Å². The van der Waals surface area contributed by atoms with Crippen LogP contribution in [0.4, 0.5) is 26.3 Å². The second-order valence-corrected chi connectivity index (χ2v) is 33.0. The number of hydrogen-bond acceptors (Lipinski definition) is 6. The van der Waals surface area contributed by atoms with Crippen molar-refractivity contribution in [1.82, 2.24) is 39.0 Å². The van der Waals surface area contributed by atoms with Gasteiger partial charge in [0.2, 0.25) is 0 Å². The van der Waals surface area contributed by atoms with Gasteiger partial charge in [-0.1, -0.05) is 300 Å². The zero-order valence-corrected chi connectivity index (χ0v) is 69.7. The molecule has 610 valence electrons. The first-order valence-electron chi connectivity index (χ1n) is 42.0. The second-order valence-electron chi connectivity index (χ2n) is 33.0. The summed E-state index contributed by atoms with van der Waals surface area (Å²) >= 11 is 0. The fourth-order valence-corrected chi connectivity index (χ4v) is 17.9. The van der Waals surface area contributed by atoms with E-state index in [1.54, 1.807) is 0 Å². The molecule has 20 aromatic rings. The van der Waals surface area contributed by atoms with Crippen LogP contribution in [0.1, 0.15) is 55.6 Å². The molecular weight excluding hydrogens is 1570 g/mol. The molecule has 16 aromatic carbocycles. The van der Waals surface area contributed by atoms with Crippen LogP contribution in [0.15, 0.2) is 352 Å². The number of halogens is 6. The van der Waals surface area contributed by atoms with E-state index in [4.69, 9.17) is 29.9 Å². The summed E-state index contributed by atoms with van der Waals surface area (Å²) in [5.41, 5.74) is 28.2. The van der Waals surface area contributed by atoms with Crippen molar-refractivity contribution >= 4 is 43.6 Å². The summed E-state index contributed by atoms with van der Waals surface area (Å²) in [7, 11) is 0. The minimum atomic E-state index is -4.53. The lowest BCUT2D eigenvalue weighted by atomic mass is 9.94. The molecule has 0 N–H and O–H groups in total. The lowest BCUT2D eigenvalue weighted by molar-refractivity contribution is -0.138. The molecule has 0 radical (unpaired) electrons. The summed E-state index contributed by atoms with van der Waals surface area (Å²) in [4.78, 5) is 31.3. The van der Waals surface area contributed by atoms with Gasteiger partial charge >= 0.3 is 12.4 Å². The van der Waals surface area contributed by atoms with Crippen LogP contribution < -0.4 is 0 Å². The summed E-state index contributed by atoms with van der Waals surface area (Å²) in [6.07, 6.45) is -7.59. The Balaban J connectivity index is 0.706. The van der Waals surface area contributed by atoms with Gasteiger partial charge in [-0.3, -0.25) is 0 Å². The van der Waals surface area contributed by atoms with Crippen LogP contribution in [0.25, 0.3) is 190 Å². The highest BCUT2D eigenvalue weighted by Gasteiger charge is 2.32. The third-order valence-corrected chi connectivity index (χ3v) is 23.7. The predicted octanol–water partition coefficient (Wildman–Crippen LogP) is 29.9. The number of alkyl halides is 6. The molecule has 0 spiro atoms. The van der Waals surface area contributed by atoms with E-state index in [1.165, 1.54) is 29.8 Å². The fraction of sp³-hybridized carbons (Fsp3) is 0.0893. The molecule has 4 heterocycles. The molecule has 126 heavy (non-hydrogen) atoms. The van der Waals surface area contributed by atoms with Crippen molar-refractivity contribution in [3.8, 4) is 146 Å².